The molecule has 1 heterocycles. The maximum atomic E-state index is 8.71. The first-order chi connectivity index (χ1) is 9.51. The van der Waals surface area contributed by atoms with Crippen LogP contribution in [0.5, 0.6) is 0 Å². The molecule has 0 atom stereocenters. The lowest BCUT2D eigenvalue weighted by Gasteiger charge is -2.19. The monoisotopic (exact) mass is 373 g/mol. The standard InChI is InChI=1S/C13H13BrClN3OS/c1-18(7-9-3-5-12(15)20-9)8-2-4-10(11(14)6-8)13(16)17-19/h2-6,19H,7H2,1H3,(H2,16,17). The molecule has 0 radical (unpaired) electrons. The summed E-state index contributed by atoms with van der Waals surface area (Å²) in [7, 11) is 2.00. The highest BCUT2D eigenvalue weighted by Crippen LogP contribution is 2.27. The normalized spacial score (nSPS) is 11.7. The van der Waals surface area contributed by atoms with Crippen LogP contribution in [0.25, 0.3) is 0 Å². The first-order valence-corrected chi connectivity index (χ1v) is 7.73. The Morgan fingerprint density at radius 2 is 2.20 bits per heavy atom. The molecule has 20 heavy (non-hydrogen) atoms. The van der Waals surface area contributed by atoms with Crippen LogP contribution in [0.3, 0.4) is 0 Å². The van der Waals surface area contributed by atoms with E-state index in [1.165, 1.54) is 4.88 Å². The molecule has 0 saturated heterocycles. The molecule has 7 heteroatoms. The predicted molar refractivity (Wildman–Crippen MR) is 88.1 cm³/mol. The van der Waals surface area contributed by atoms with E-state index in [4.69, 9.17) is 22.5 Å². The molecular formula is C13H13BrClN3OS. The van der Waals surface area contributed by atoms with Gasteiger partial charge in [0, 0.05) is 27.6 Å². The predicted octanol–water partition coefficient (Wildman–Crippen LogP) is 3.89. The third-order valence-electron chi connectivity index (χ3n) is 2.80. The van der Waals surface area contributed by atoms with Crippen molar-refractivity contribution < 1.29 is 5.21 Å². The topological polar surface area (TPSA) is 61.8 Å². The van der Waals surface area contributed by atoms with Crippen LogP contribution < -0.4 is 10.6 Å². The minimum absolute atomic E-state index is 0.0797. The molecule has 0 saturated carbocycles. The number of hydrogen-bond donors (Lipinski definition) is 2. The molecule has 0 aliphatic heterocycles. The molecule has 1 aromatic heterocycles. The van der Waals surface area contributed by atoms with Gasteiger partial charge in [-0.15, -0.1) is 11.3 Å². The summed E-state index contributed by atoms with van der Waals surface area (Å²) in [5.41, 5.74) is 7.27. The van der Waals surface area contributed by atoms with Crippen LogP contribution in [0.15, 0.2) is 40.0 Å². The minimum Gasteiger partial charge on any atom is -0.409 e. The average molecular weight is 375 g/mol. The molecule has 4 nitrogen and oxygen atoms in total. The zero-order chi connectivity index (χ0) is 14.7. The highest BCUT2D eigenvalue weighted by atomic mass is 79.9. The number of halogens is 2. The van der Waals surface area contributed by atoms with Crippen molar-refractivity contribution in [2.45, 2.75) is 6.54 Å². The quantitative estimate of drug-likeness (QED) is 0.369. The summed E-state index contributed by atoms with van der Waals surface area (Å²) in [5, 5.41) is 11.7. The fourth-order valence-electron chi connectivity index (χ4n) is 1.76. The van der Waals surface area contributed by atoms with Gasteiger partial charge in [-0.05, 0) is 46.3 Å². The van der Waals surface area contributed by atoms with E-state index in [9.17, 15) is 0 Å². The van der Waals surface area contributed by atoms with Gasteiger partial charge in [-0.1, -0.05) is 16.8 Å². The van der Waals surface area contributed by atoms with Crippen LogP contribution in [-0.2, 0) is 6.54 Å². The fraction of sp³-hybridized carbons (Fsp3) is 0.154. The summed E-state index contributed by atoms with van der Waals surface area (Å²) in [4.78, 5) is 3.29. The zero-order valence-electron chi connectivity index (χ0n) is 10.7. The van der Waals surface area contributed by atoms with E-state index in [1.807, 2.05) is 37.4 Å². The molecule has 0 aliphatic carbocycles. The zero-order valence-corrected chi connectivity index (χ0v) is 13.8. The number of anilines is 1. The Kier molecular flexibility index (Phi) is 4.91. The Balaban J connectivity index is 2.18. The number of rotatable bonds is 4. The molecule has 0 aliphatic rings. The Morgan fingerprint density at radius 1 is 1.45 bits per heavy atom. The first-order valence-electron chi connectivity index (χ1n) is 5.74. The van der Waals surface area contributed by atoms with E-state index < -0.39 is 0 Å². The molecule has 0 fully saturated rings. The van der Waals surface area contributed by atoms with Crippen LogP contribution in [-0.4, -0.2) is 18.1 Å². The van der Waals surface area contributed by atoms with Crippen LogP contribution in [0.1, 0.15) is 10.4 Å². The third kappa shape index (κ3) is 3.45. The highest BCUT2D eigenvalue weighted by Gasteiger charge is 2.09. The van der Waals surface area contributed by atoms with Gasteiger partial charge < -0.3 is 15.8 Å². The van der Waals surface area contributed by atoms with Gasteiger partial charge in [0.25, 0.3) is 0 Å². The first kappa shape index (κ1) is 15.2. The van der Waals surface area contributed by atoms with Gasteiger partial charge in [0.15, 0.2) is 5.84 Å². The van der Waals surface area contributed by atoms with Gasteiger partial charge in [0.2, 0.25) is 0 Å². The van der Waals surface area contributed by atoms with E-state index in [0.717, 1.165) is 21.0 Å². The Hall–Kier alpha value is -1.24. The van der Waals surface area contributed by atoms with Crippen LogP contribution in [0, 0.1) is 0 Å². The summed E-state index contributed by atoms with van der Waals surface area (Å²) in [6, 6.07) is 9.58. The van der Waals surface area contributed by atoms with Gasteiger partial charge >= 0.3 is 0 Å². The number of nitrogens with two attached hydrogens (primary N) is 1. The van der Waals surface area contributed by atoms with Gasteiger partial charge in [-0.25, -0.2) is 0 Å². The summed E-state index contributed by atoms with van der Waals surface area (Å²) in [5.74, 6) is 0.0797. The number of hydrogen-bond acceptors (Lipinski definition) is 4. The largest absolute Gasteiger partial charge is 0.409 e. The Bertz CT molecular complexity index is 644. The molecule has 3 N–H and O–H groups in total. The lowest BCUT2D eigenvalue weighted by atomic mass is 10.2. The van der Waals surface area contributed by atoms with Crippen molar-refractivity contribution in [2.75, 3.05) is 11.9 Å². The van der Waals surface area contributed by atoms with E-state index in [1.54, 1.807) is 11.3 Å². The van der Waals surface area contributed by atoms with Crippen molar-refractivity contribution in [3.8, 4) is 0 Å². The average Bonchev–Trinajstić information content (AvgIpc) is 2.83. The number of amidine groups is 1. The number of benzene rings is 1. The van der Waals surface area contributed by atoms with Crippen LogP contribution >= 0.6 is 38.9 Å². The maximum Gasteiger partial charge on any atom is 0.171 e. The molecule has 0 unspecified atom stereocenters. The highest BCUT2D eigenvalue weighted by molar-refractivity contribution is 9.10. The van der Waals surface area contributed by atoms with E-state index in [-0.39, 0.29) is 5.84 Å². The van der Waals surface area contributed by atoms with Gasteiger partial charge in [0.1, 0.15) is 0 Å². The lowest BCUT2D eigenvalue weighted by Crippen LogP contribution is -2.17. The molecule has 0 amide bonds. The number of thiophene rings is 1. The summed E-state index contributed by atoms with van der Waals surface area (Å²) in [6.45, 7) is 0.771. The van der Waals surface area contributed by atoms with E-state index >= 15 is 0 Å². The lowest BCUT2D eigenvalue weighted by molar-refractivity contribution is 0.318. The smallest absolute Gasteiger partial charge is 0.171 e. The van der Waals surface area contributed by atoms with Gasteiger partial charge in [-0.3, -0.25) is 0 Å². The number of nitrogens with zero attached hydrogens (tertiary/aromatic N) is 2. The summed E-state index contributed by atoms with van der Waals surface area (Å²) < 4.78 is 1.57. The van der Waals surface area contributed by atoms with Gasteiger partial charge in [-0.2, -0.15) is 0 Å². The van der Waals surface area contributed by atoms with E-state index in [2.05, 4.69) is 26.0 Å². The van der Waals surface area contributed by atoms with Crippen molar-refractivity contribution in [3.63, 3.8) is 0 Å². The molecule has 1 aromatic carbocycles. The molecule has 0 bridgehead atoms. The summed E-state index contributed by atoms with van der Waals surface area (Å²) >= 11 is 10.9. The van der Waals surface area contributed by atoms with Crippen molar-refractivity contribution >= 4 is 50.4 Å². The maximum absolute atomic E-state index is 8.71. The molecule has 2 rings (SSSR count). The van der Waals surface area contributed by atoms with Crippen molar-refractivity contribution in [3.05, 3.63) is 49.6 Å². The molecule has 2 aromatic rings. The van der Waals surface area contributed by atoms with Crippen LogP contribution in [0.2, 0.25) is 4.34 Å². The van der Waals surface area contributed by atoms with Crippen molar-refractivity contribution in [1.29, 1.82) is 0 Å². The Labute approximate surface area is 134 Å². The SMILES string of the molecule is CN(Cc1ccc(Cl)s1)c1ccc(/C(N)=N/O)c(Br)c1. The number of oxime groups is 1. The van der Waals surface area contributed by atoms with Crippen LogP contribution in [0.4, 0.5) is 5.69 Å². The van der Waals surface area contributed by atoms with Gasteiger partial charge in [0.05, 0.1) is 10.9 Å². The Morgan fingerprint density at radius 3 is 2.75 bits per heavy atom. The van der Waals surface area contributed by atoms with Crippen molar-refractivity contribution in [1.82, 2.24) is 0 Å². The molecule has 106 valence electrons. The third-order valence-corrected chi connectivity index (χ3v) is 4.67. The minimum atomic E-state index is 0.0797. The van der Waals surface area contributed by atoms with E-state index in [0.29, 0.717) is 5.56 Å². The molecular weight excluding hydrogens is 362 g/mol. The van der Waals surface area contributed by atoms with Crippen molar-refractivity contribution in [2.24, 2.45) is 10.9 Å². The fourth-order valence-corrected chi connectivity index (χ4v) is 3.48. The summed E-state index contributed by atoms with van der Waals surface area (Å²) in [6.07, 6.45) is 0. The molecule has 0 spiro atoms. The second-order valence-corrected chi connectivity index (χ2v) is 6.87. The second-order valence-electron chi connectivity index (χ2n) is 4.21. The second kappa shape index (κ2) is 6.47.